The minimum absolute atomic E-state index is 0.0726. The number of hydrogen-bond donors (Lipinski definition) is 3. The Labute approximate surface area is 158 Å². The van der Waals surface area contributed by atoms with Crippen LogP contribution < -0.4 is 0 Å². The van der Waals surface area contributed by atoms with Gasteiger partial charge >= 0.3 is 0 Å². The summed E-state index contributed by atoms with van der Waals surface area (Å²) in [6.07, 6.45) is 0. The molecule has 1 heterocycles. The van der Waals surface area contributed by atoms with E-state index in [4.69, 9.17) is 0 Å². The van der Waals surface area contributed by atoms with E-state index >= 15 is 0 Å². The van der Waals surface area contributed by atoms with Crippen molar-refractivity contribution in [3.05, 3.63) is 52.0 Å². The van der Waals surface area contributed by atoms with Crippen molar-refractivity contribution in [1.29, 1.82) is 0 Å². The molecule has 0 atom stereocenters. The lowest BCUT2D eigenvalue weighted by Gasteiger charge is -2.35. The molecule has 0 bridgehead atoms. The molecule has 0 aliphatic carbocycles. The van der Waals surface area contributed by atoms with E-state index in [9.17, 15) is 24.9 Å². The lowest BCUT2D eigenvalue weighted by molar-refractivity contribution is 0.0534. The van der Waals surface area contributed by atoms with Crippen LogP contribution in [0.5, 0.6) is 17.2 Å². The van der Waals surface area contributed by atoms with Gasteiger partial charge in [0.25, 0.3) is 11.8 Å². The summed E-state index contributed by atoms with van der Waals surface area (Å²) in [6, 6.07) is 9.39. The number of hydrogen-bond acceptors (Lipinski definition) is 5. The summed E-state index contributed by atoms with van der Waals surface area (Å²) in [4.78, 5) is 28.3. The first-order chi connectivity index (χ1) is 12.4. The van der Waals surface area contributed by atoms with E-state index < -0.39 is 17.2 Å². The number of benzene rings is 2. The molecule has 26 heavy (non-hydrogen) atoms. The van der Waals surface area contributed by atoms with Gasteiger partial charge in [-0.3, -0.25) is 9.59 Å². The summed E-state index contributed by atoms with van der Waals surface area (Å²) < 4.78 is 0.721. The topological polar surface area (TPSA) is 101 Å². The number of rotatable bonds is 2. The number of piperazine rings is 1. The maximum Gasteiger partial charge on any atom is 0.255 e. The summed E-state index contributed by atoms with van der Waals surface area (Å²) >= 11 is 3.37. The Hall–Kier alpha value is -2.74. The van der Waals surface area contributed by atoms with Crippen molar-refractivity contribution in [3.8, 4) is 17.2 Å². The molecule has 3 rings (SSSR count). The maximum absolute atomic E-state index is 12.6. The largest absolute Gasteiger partial charge is 0.504 e. The third kappa shape index (κ3) is 3.45. The summed E-state index contributed by atoms with van der Waals surface area (Å²) in [5.74, 6) is -2.27. The average Bonchev–Trinajstić information content (AvgIpc) is 2.65. The quantitative estimate of drug-likeness (QED) is 0.646. The molecular weight excluding hydrogens is 404 g/mol. The zero-order valence-electron chi connectivity index (χ0n) is 13.7. The summed E-state index contributed by atoms with van der Waals surface area (Å²) in [5.41, 5.74) is 0.643. The molecule has 0 spiro atoms. The van der Waals surface area contributed by atoms with Gasteiger partial charge in [-0.2, -0.15) is 0 Å². The van der Waals surface area contributed by atoms with Gasteiger partial charge in [0.2, 0.25) is 0 Å². The lowest BCUT2D eigenvalue weighted by Crippen LogP contribution is -2.50. The fourth-order valence-electron chi connectivity index (χ4n) is 2.83. The Bertz CT molecular complexity index is 839. The van der Waals surface area contributed by atoms with Crippen LogP contribution in [0.15, 0.2) is 40.9 Å². The number of phenolic OH excluding ortho intramolecular Hbond substituents is 3. The summed E-state index contributed by atoms with van der Waals surface area (Å²) in [7, 11) is 0. The second kappa shape index (κ2) is 7.25. The standard InChI is InChI=1S/C18H17BrN2O5/c19-13-4-2-1-3-12(13)18(26)21-7-5-20(6-8-21)17(25)11-9-14(22)16(24)15(23)10-11/h1-4,9-10,22-24H,5-8H2. The normalized spacial score (nSPS) is 14.3. The molecule has 2 amide bonds. The number of phenols is 3. The van der Waals surface area contributed by atoms with Crippen LogP contribution in [0.25, 0.3) is 0 Å². The minimum Gasteiger partial charge on any atom is -0.504 e. The predicted molar refractivity (Wildman–Crippen MR) is 97.4 cm³/mol. The van der Waals surface area contributed by atoms with Gasteiger partial charge in [-0.1, -0.05) is 12.1 Å². The fraction of sp³-hybridized carbons (Fsp3) is 0.222. The van der Waals surface area contributed by atoms with E-state index in [1.807, 2.05) is 6.07 Å². The van der Waals surface area contributed by atoms with Crippen molar-refractivity contribution < 1.29 is 24.9 Å². The number of carbonyl (C=O) groups is 2. The predicted octanol–water partition coefficient (Wildman–Crippen LogP) is 2.16. The van der Waals surface area contributed by atoms with E-state index in [1.165, 1.54) is 4.90 Å². The SMILES string of the molecule is O=C(c1cc(O)c(O)c(O)c1)N1CCN(C(=O)c2ccccc2Br)CC1. The number of aromatic hydroxyl groups is 3. The van der Waals surface area contributed by atoms with Crippen molar-refractivity contribution >= 4 is 27.7 Å². The van der Waals surface area contributed by atoms with Gasteiger partial charge in [0.05, 0.1) is 5.56 Å². The van der Waals surface area contributed by atoms with Gasteiger partial charge in [0, 0.05) is 36.2 Å². The number of amides is 2. The zero-order chi connectivity index (χ0) is 18.8. The minimum atomic E-state index is -0.662. The zero-order valence-corrected chi connectivity index (χ0v) is 15.3. The third-order valence-electron chi connectivity index (χ3n) is 4.27. The van der Waals surface area contributed by atoms with Crippen molar-refractivity contribution in [2.24, 2.45) is 0 Å². The van der Waals surface area contributed by atoms with E-state index in [0.29, 0.717) is 31.7 Å². The Kier molecular flexibility index (Phi) is 5.03. The molecular formula is C18H17BrN2O5. The van der Waals surface area contributed by atoms with Gasteiger partial charge in [0.15, 0.2) is 17.2 Å². The van der Waals surface area contributed by atoms with Gasteiger partial charge in [-0.15, -0.1) is 0 Å². The molecule has 2 aromatic rings. The van der Waals surface area contributed by atoms with Crippen LogP contribution in [-0.2, 0) is 0 Å². The van der Waals surface area contributed by atoms with E-state index in [2.05, 4.69) is 15.9 Å². The Morgan fingerprint density at radius 3 is 1.88 bits per heavy atom. The highest BCUT2D eigenvalue weighted by molar-refractivity contribution is 9.10. The van der Waals surface area contributed by atoms with Crippen LogP contribution in [0, 0.1) is 0 Å². The van der Waals surface area contributed by atoms with Crippen LogP contribution in [-0.4, -0.2) is 63.1 Å². The Morgan fingerprint density at radius 1 is 0.846 bits per heavy atom. The molecule has 0 radical (unpaired) electrons. The maximum atomic E-state index is 12.6. The van der Waals surface area contributed by atoms with Gasteiger partial charge < -0.3 is 25.1 Å². The third-order valence-corrected chi connectivity index (χ3v) is 4.97. The highest BCUT2D eigenvalue weighted by Gasteiger charge is 2.27. The average molecular weight is 421 g/mol. The van der Waals surface area contributed by atoms with Gasteiger partial charge in [-0.05, 0) is 40.2 Å². The highest BCUT2D eigenvalue weighted by atomic mass is 79.9. The van der Waals surface area contributed by atoms with Crippen LogP contribution in [0.2, 0.25) is 0 Å². The van der Waals surface area contributed by atoms with Crippen LogP contribution in [0.4, 0.5) is 0 Å². The number of nitrogens with zero attached hydrogens (tertiary/aromatic N) is 2. The molecule has 8 heteroatoms. The first kappa shape index (κ1) is 18.1. The van der Waals surface area contributed by atoms with E-state index in [0.717, 1.165) is 16.6 Å². The highest BCUT2D eigenvalue weighted by Crippen LogP contribution is 2.35. The molecule has 0 aromatic heterocycles. The van der Waals surface area contributed by atoms with Crippen LogP contribution >= 0.6 is 15.9 Å². The molecule has 1 fully saturated rings. The molecule has 0 unspecified atom stereocenters. The fourth-order valence-corrected chi connectivity index (χ4v) is 3.28. The Morgan fingerprint density at radius 2 is 1.35 bits per heavy atom. The molecule has 7 nitrogen and oxygen atoms in total. The molecule has 2 aromatic carbocycles. The second-order valence-corrected chi connectivity index (χ2v) is 6.78. The molecule has 1 aliphatic rings. The molecule has 0 saturated carbocycles. The van der Waals surface area contributed by atoms with Crippen molar-refractivity contribution in [2.75, 3.05) is 26.2 Å². The van der Waals surface area contributed by atoms with Crippen molar-refractivity contribution in [1.82, 2.24) is 9.80 Å². The molecule has 1 aliphatic heterocycles. The number of halogens is 1. The Balaban J connectivity index is 1.68. The van der Waals surface area contributed by atoms with Gasteiger partial charge in [0.1, 0.15) is 0 Å². The summed E-state index contributed by atoms with van der Waals surface area (Å²) in [5, 5.41) is 28.5. The van der Waals surface area contributed by atoms with Crippen molar-refractivity contribution in [2.45, 2.75) is 0 Å². The number of carbonyl (C=O) groups excluding carboxylic acids is 2. The monoisotopic (exact) mass is 420 g/mol. The molecule has 1 saturated heterocycles. The molecule has 3 N–H and O–H groups in total. The van der Waals surface area contributed by atoms with Crippen LogP contribution in [0.1, 0.15) is 20.7 Å². The smallest absolute Gasteiger partial charge is 0.255 e. The van der Waals surface area contributed by atoms with Crippen LogP contribution in [0.3, 0.4) is 0 Å². The molecule has 136 valence electrons. The van der Waals surface area contributed by atoms with E-state index in [1.54, 1.807) is 23.1 Å². The first-order valence-corrected chi connectivity index (χ1v) is 8.76. The second-order valence-electron chi connectivity index (χ2n) is 5.93. The van der Waals surface area contributed by atoms with Crippen molar-refractivity contribution in [3.63, 3.8) is 0 Å². The first-order valence-electron chi connectivity index (χ1n) is 7.96. The lowest BCUT2D eigenvalue weighted by atomic mass is 10.1. The summed E-state index contributed by atoms with van der Waals surface area (Å²) in [6.45, 7) is 1.42. The van der Waals surface area contributed by atoms with E-state index in [-0.39, 0.29) is 17.4 Å². The van der Waals surface area contributed by atoms with Gasteiger partial charge in [-0.25, -0.2) is 0 Å².